The fraction of sp³-hybridized carbons (Fsp3) is 0.600. The summed E-state index contributed by atoms with van der Waals surface area (Å²) in [6.07, 6.45) is 10.8. The summed E-state index contributed by atoms with van der Waals surface area (Å²) in [4.78, 5) is 31.4. The van der Waals surface area contributed by atoms with Gasteiger partial charge in [-0.2, -0.15) is 9.49 Å². The number of nitrogens with one attached hydrogen (secondary N) is 3. The number of amides is 2. The first-order valence-corrected chi connectivity index (χ1v) is 15.1. The summed E-state index contributed by atoms with van der Waals surface area (Å²) in [5.74, 6) is -3.00. The van der Waals surface area contributed by atoms with Crippen molar-refractivity contribution < 1.29 is 23.0 Å². The fourth-order valence-electron chi connectivity index (χ4n) is 7.02. The highest BCUT2D eigenvalue weighted by atomic mass is 19.1. The summed E-state index contributed by atoms with van der Waals surface area (Å²) in [6, 6.07) is 0.0460. The van der Waals surface area contributed by atoms with E-state index in [2.05, 4.69) is 36.1 Å². The summed E-state index contributed by atoms with van der Waals surface area (Å²) in [7, 11) is 0. The number of carbonyl (C=O) groups is 2. The van der Waals surface area contributed by atoms with Gasteiger partial charge in [-0.1, -0.05) is 76.3 Å². The van der Waals surface area contributed by atoms with Gasteiger partial charge in [0, 0.05) is 17.3 Å². The monoisotopic (exact) mass is 583 g/mol. The zero-order valence-electron chi connectivity index (χ0n) is 24.4. The molecule has 3 aromatic heterocycles. The van der Waals surface area contributed by atoms with Crippen molar-refractivity contribution in [1.29, 1.82) is 0 Å². The number of nitrogens with zero attached hydrogens (tertiary/aromatic N) is 4. The van der Waals surface area contributed by atoms with Crippen molar-refractivity contribution in [3.8, 4) is 11.1 Å². The van der Waals surface area contributed by atoms with Crippen LogP contribution in [0.3, 0.4) is 0 Å². The number of rotatable bonds is 9. The van der Waals surface area contributed by atoms with Crippen molar-refractivity contribution in [2.24, 2.45) is 17.8 Å². The largest absolute Gasteiger partial charge is 0.338 e. The average molecular weight is 584 g/mol. The number of aryl methyl sites for hydroxylation is 3. The van der Waals surface area contributed by atoms with E-state index in [0.29, 0.717) is 29.1 Å². The predicted octanol–water partition coefficient (Wildman–Crippen LogP) is 5.83. The van der Waals surface area contributed by atoms with Gasteiger partial charge in [-0.05, 0) is 43.2 Å². The third kappa shape index (κ3) is 6.22. The third-order valence-electron chi connectivity index (χ3n) is 9.01. The molecule has 3 heterocycles. The molecule has 2 fully saturated rings. The zero-order chi connectivity index (χ0) is 29.8. The molecular formula is C30H39F2N7O3. The van der Waals surface area contributed by atoms with Crippen LogP contribution in [-0.4, -0.2) is 43.4 Å². The van der Waals surface area contributed by atoms with Crippen molar-refractivity contribution in [1.82, 2.24) is 30.8 Å². The number of carbonyl (C=O) groups excluding carboxylic acids is 2. The lowest BCUT2D eigenvalue weighted by atomic mass is 9.66. The number of pyridine rings is 1. The van der Waals surface area contributed by atoms with Gasteiger partial charge in [-0.25, -0.2) is 14.0 Å². The Morgan fingerprint density at radius 2 is 1.64 bits per heavy atom. The predicted molar refractivity (Wildman–Crippen MR) is 151 cm³/mol. The molecule has 2 aliphatic rings. The Hall–Kier alpha value is -3.70. The highest BCUT2D eigenvalue weighted by molar-refractivity contribution is 6.00. The van der Waals surface area contributed by atoms with Gasteiger partial charge in [0.25, 0.3) is 5.91 Å². The summed E-state index contributed by atoms with van der Waals surface area (Å²) in [6.45, 7) is 5.15. The molecule has 0 aliphatic heterocycles. The van der Waals surface area contributed by atoms with E-state index in [1.165, 1.54) is 0 Å². The number of hydrogen-bond donors (Lipinski definition) is 3. The third-order valence-corrected chi connectivity index (χ3v) is 9.01. The van der Waals surface area contributed by atoms with E-state index < -0.39 is 29.6 Å². The molecule has 226 valence electrons. The van der Waals surface area contributed by atoms with Crippen LogP contribution in [0.25, 0.3) is 11.1 Å². The van der Waals surface area contributed by atoms with Crippen LogP contribution < -0.4 is 10.6 Å². The molecule has 0 aromatic carbocycles. The Kier molecular flexibility index (Phi) is 9.27. The maximum atomic E-state index is 15.3. The van der Waals surface area contributed by atoms with Crippen LogP contribution in [0.15, 0.2) is 10.7 Å². The van der Waals surface area contributed by atoms with Gasteiger partial charge >= 0.3 is 0 Å². The average Bonchev–Trinajstić information content (AvgIpc) is 3.60. The molecular weight excluding hydrogens is 544 g/mol. The Morgan fingerprint density at radius 3 is 2.19 bits per heavy atom. The molecule has 3 aromatic rings. The van der Waals surface area contributed by atoms with Crippen LogP contribution in [0, 0.1) is 43.4 Å². The van der Waals surface area contributed by atoms with E-state index in [4.69, 9.17) is 4.63 Å². The minimum atomic E-state index is -1.06. The van der Waals surface area contributed by atoms with Crippen molar-refractivity contribution >= 4 is 17.6 Å². The summed E-state index contributed by atoms with van der Waals surface area (Å²) < 4.78 is 35.4. The molecule has 12 heteroatoms. The molecule has 2 amide bonds. The summed E-state index contributed by atoms with van der Waals surface area (Å²) in [5, 5.41) is 19.9. The van der Waals surface area contributed by atoms with Crippen LogP contribution in [0.5, 0.6) is 0 Å². The minimum Gasteiger partial charge on any atom is -0.338 e. The van der Waals surface area contributed by atoms with Crippen LogP contribution in [0.4, 0.5) is 14.6 Å². The zero-order valence-corrected chi connectivity index (χ0v) is 24.4. The van der Waals surface area contributed by atoms with E-state index in [9.17, 15) is 9.59 Å². The van der Waals surface area contributed by atoms with Crippen LogP contribution >= 0.6 is 0 Å². The van der Waals surface area contributed by atoms with E-state index in [1.807, 2.05) is 6.92 Å². The topological polar surface area (TPSA) is 139 Å². The molecule has 0 saturated heterocycles. The lowest BCUT2D eigenvalue weighted by Gasteiger charge is -2.41. The van der Waals surface area contributed by atoms with Gasteiger partial charge in [0.1, 0.15) is 23.4 Å². The fourth-order valence-corrected chi connectivity index (χ4v) is 7.02. The second kappa shape index (κ2) is 13.1. The molecule has 0 radical (unpaired) electrons. The minimum absolute atomic E-state index is 0.0340. The van der Waals surface area contributed by atoms with Gasteiger partial charge in [0.15, 0.2) is 5.69 Å². The van der Waals surface area contributed by atoms with Crippen molar-refractivity contribution in [2.45, 2.75) is 97.4 Å². The van der Waals surface area contributed by atoms with E-state index >= 15 is 8.78 Å². The maximum absolute atomic E-state index is 15.3. The van der Waals surface area contributed by atoms with Gasteiger partial charge in [-0.15, -0.1) is 0 Å². The van der Waals surface area contributed by atoms with Gasteiger partial charge in [0.2, 0.25) is 11.9 Å². The van der Waals surface area contributed by atoms with Gasteiger partial charge < -0.3 is 10.6 Å². The highest BCUT2D eigenvalue weighted by Gasteiger charge is 2.42. The first kappa shape index (κ1) is 29.8. The molecule has 2 saturated carbocycles. The van der Waals surface area contributed by atoms with E-state index in [1.54, 1.807) is 13.8 Å². The number of aromatic amines is 1. The first-order valence-electron chi connectivity index (χ1n) is 15.1. The number of hydrogen-bond acceptors (Lipinski definition) is 7. The molecule has 10 nitrogen and oxygen atoms in total. The summed E-state index contributed by atoms with van der Waals surface area (Å²) in [5.41, 5.74) is 1.35. The molecule has 42 heavy (non-hydrogen) atoms. The molecule has 0 unspecified atom stereocenters. The lowest BCUT2D eigenvalue weighted by Crippen LogP contribution is -2.53. The Balaban J connectivity index is 1.48. The standard InChI is InChI=1S/C30H39F2N7O3/c1-4-21-26(39-42-38-21)29(40)35-27(24(18-11-7-5-8-12-18)19-13-9-6-10-14-19)30(41)34-22-15-20(31)25(28(32)33-22)23-16(2)36-37-17(23)3/h15,18-19,24,27H,4-14H2,1-3H3,(H,35,40)(H,36,37)(H,33,34,41)/t27-/m0/s1. The van der Waals surface area contributed by atoms with Gasteiger partial charge in [0.05, 0.1) is 11.3 Å². The van der Waals surface area contributed by atoms with Gasteiger partial charge in [-0.3, -0.25) is 14.7 Å². The smallest absolute Gasteiger partial charge is 0.276 e. The quantitative estimate of drug-likeness (QED) is 0.270. The Bertz CT molecular complexity index is 1350. The normalized spacial score (nSPS) is 17.4. The van der Waals surface area contributed by atoms with E-state index in [-0.39, 0.29) is 34.8 Å². The van der Waals surface area contributed by atoms with Crippen molar-refractivity contribution in [3.05, 3.63) is 40.6 Å². The Morgan fingerprint density at radius 1 is 1.00 bits per heavy atom. The van der Waals surface area contributed by atoms with Crippen LogP contribution in [-0.2, 0) is 11.2 Å². The lowest BCUT2D eigenvalue weighted by molar-refractivity contribution is -0.121. The summed E-state index contributed by atoms with van der Waals surface area (Å²) >= 11 is 0. The number of halogens is 2. The number of aromatic nitrogens is 5. The molecule has 1 atom stereocenters. The second-order valence-corrected chi connectivity index (χ2v) is 11.7. The molecule has 0 spiro atoms. The maximum Gasteiger partial charge on any atom is 0.276 e. The molecule has 3 N–H and O–H groups in total. The van der Waals surface area contributed by atoms with Crippen molar-refractivity contribution in [2.75, 3.05) is 5.32 Å². The molecule has 2 aliphatic carbocycles. The molecule has 5 rings (SSSR count). The number of anilines is 1. The van der Waals surface area contributed by atoms with Crippen LogP contribution in [0.1, 0.15) is 98.7 Å². The second-order valence-electron chi connectivity index (χ2n) is 11.7. The molecule has 0 bridgehead atoms. The van der Waals surface area contributed by atoms with Crippen LogP contribution in [0.2, 0.25) is 0 Å². The SMILES string of the molecule is CCc1nonc1C(=O)N[C@H](C(=O)Nc1cc(F)c(-c2c(C)n[nH]c2C)c(F)n1)C(C1CCCCC1)C1CCCCC1. The van der Waals surface area contributed by atoms with E-state index in [0.717, 1.165) is 70.3 Å². The Labute approximate surface area is 243 Å². The first-order chi connectivity index (χ1) is 20.3. The highest BCUT2D eigenvalue weighted by Crippen LogP contribution is 2.42. The van der Waals surface area contributed by atoms with Crippen molar-refractivity contribution in [3.63, 3.8) is 0 Å². The number of H-pyrrole nitrogens is 1.